The largest absolute Gasteiger partial charge is 0.296 e. The molecular weight excluding hydrogens is 372 g/mol. The number of nitrogens with one attached hydrogen (secondary N) is 1. The molecule has 96 valence electrons. The molecule has 1 aliphatic rings. The summed E-state index contributed by atoms with van der Waals surface area (Å²) in [4.78, 5) is 12.2. The highest BCUT2D eigenvalue weighted by Crippen LogP contribution is 2.34. The molecule has 1 heterocycles. The van der Waals surface area contributed by atoms with E-state index in [9.17, 15) is 4.79 Å². The molecule has 0 bridgehead atoms. The van der Waals surface area contributed by atoms with Gasteiger partial charge in [-0.1, -0.05) is 18.2 Å². The van der Waals surface area contributed by atoms with Crippen molar-refractivity contribution < 1.29 is 4.79 Å². The van der Waals surface area contributed by atoms with Crippen LogP contribution in [0.3, 0.4) is 0 Å². The maximum Gasteiger partial charge on any atom is 0.186 e. The summed E-state index contributed by atoms with van der Waals surface area (Å²) >= 11 is 6.98. The lowest BCUT2D eigenvalue weighted by Crippen LogP contribution is -2.40. The Morgan fingerprint density at radius 2 is 1.74 bits per heavy atom. The predicted molar refractivity (Wildman–Crippen MR) is 83.6 cm³/mol. The fourth-order valence-electron chi connectivity index (χ4n) is 2.09. The lowest BCUT2D eigenvalue weighted by Gasteiger charge is -2.32. The van der Waals surface area contributed by atoms with E-state index in [0.29, 0.717) is 6.54 Å². The lowest BCUT2D eigenvalue weighted by atomic mass is 10.1. The van der Waals surface area contributed by atoms with Crippen LogP contribution in [0.2, 0.25) is 0 Å². The summed E-state index contributed by atoms with van der Waals surface area (Å²) in [5, 5.41) is 1.85. The van der Waals surface area contributed by atoms with E-state index in [1.807, 2.05) is 47.5 Å². The van der Waals surface area contributed by atoms with Gasteiger partial charge in [0.15, 0.2) is 5.78 Å². The molecule has 5 heteroatoms. The first-order chi connectivity index (χ1) is 9.16. The Kier molecular flexibility index (Phi) is 3.33. The normalized spacial score (nSPS) is 14.0. The third-order valence-electron chi connectivity index (χ3n) is 3.01. The van der Waals surface area contributed by atoms with Crippen LogP contribution in [-0.2, 0) is 0 Å². The van der Waals surface area contributed by atoms with E-state index in [1.165, 1.54) is 0 Å². The zero-order chi connectivity index (χ0) is 13.4. The average Bonchev–Trinajstić information content (AvgIpc) is 2.40. The quantitative estimate of drug-likeness (QED) is 0.801. The topological polar surface area (TPSA) is 32.3 Å². The van der Waals surface area contributed by atoms with Gasteiger partial charge in [0, 0.05) is 14.5 Å². The maximum absolute atomic E-state index is 12.2. The van der Waals surface area contributed by atoms with E-state index in [-0.39, 0.29) is 5.78 Å². The third kappa shape index (κ3) is 2.28. The van der Waals surface area contributed by atoms with E-state index >= 15 is 0 Å². The Balaban J connectivity index is 2.04. The second-order valence-electron chi connectivity index (χ2n) is 4.23. The number of halogens is 2. The van der Waals surface area contributed by atoms with Crippen LogP contribution in [0, 0.1) is 0 Å². The Morgan fingerprint density at radius 3 is 2.53 bits per heavy atom. The molecule has 19 heavy (non-hydrogen) atoms. The summed E-state index contributed by atoms with van der Waals surface area (Å²) in [6, 6.07) is 13.4. The van der Waals surface area contributed by atoms with Crippen LogP contribution in [-0.4, -0.2) is 12.3 Å². The first-order valence-corrected chi connectivity index (χ1v) is 7.36. The Morgan fingerprint density at radius 1 is 1.00 bits per heavy atom. The van der Waals surface area contributed by atoms with Crippen molar-refractivity contribution in [1.29, 1.82) is 0 Å². The molecule has 1 aliphatic heterocycles. The fraction of sp³-hybridized carbons (Fsp3) is 0.0714. The SMILES string of the molecule is O=C1CN(c2ccccc2Br)Nc2c(Br)cccc21. The maximum atomic E-state index is 12.2. The Bertz CT molecular complexity index is 658. The first kappa shape index (κ1) is 12.7. The van der Waals surface area contributed by atoms with Crippen molar-refractivity contribution in [1.82, 2.24) is 0 Å². The van der Waals surface area contributed by atoms with Crippen molar-refractivity contribution in [3.05, 3.63) is 57.0 Å². The van der Waals surface area contributed by atoms with Gasteiger partial charge in [0.25, 0.3) is 0 Å². The van der Waals surface area contributed by atoms with Gasteiger partial charge in [-0.25, -0.2) is 0 Å². The average molecular weight is 382 g/mol. The number of hydrazine groups is 1. The molecule has 0 saturated carbocycles. The summed E-state index contributed by atoms with van der Waals surface area (Å²) < 4.78 is 1.83. The number of ketones is 1. The minimum atomic E-state index is 0.103. The van der Waals surface area contributed by atoms with E-state index in [1.54, 1.807) is 0 Å². The number of rotatable bonds is 1. The first-order valence-electron chi connectivity index (χ1n) is 5.77. The molecule has 3 rings (SSSR count). The number of anilines is 2. The van der Waals surface area contributed by atoms with Gasteiger partial charge >= 0.3 is 0 Å². The zero-order valence-electron chi connectivity index (χ0n) is 9.86. The van der Waals surface area contributed by atoms with E-state index in [4.69, 9.17) is 0 Å². The van der Waals surface area contributed by atoms with Crippen LogP contribution in [0.1, 0.15) is 10.4 Å². The summed E-state index contributed by atoms with van der Waals surface area (Å²) in [5.74, 6) is 0.103. The molecule has 0 radical (unpaired) electrons. The number of hydrogen-bond acceptors (Lipinski definition) is 3. The molecule has 2 aromatic carbocycles. The Labute approximate surface area is 127 Å². The number of nitrogens with zero attached hydrogens (tertiary/aromatic N) is 1. The van der Waals surface area contributed by atoms with Crippen molar-refractivity contribution in [2.75, 3.05) is 17.0 Å². The molecule has 0 atom stereocenters. The third-order valence-corrected chi connectivity index (χ3v) is 4.34. The van der Waals surface area contributed by atoms with E-state index in [2.05, 4.69) is 37.3 Å². The van der Waals surface area contributed by atoms with Gasteiger partial charge in [0.05, 0.1) is 11.4 Å². The van der Waals surface area contributed by atoms with Gasteiger partial charge in [0.2, 0.25) is 0 Å². The summed E-state index contributed by atoms with van der Waals surface area (Å²) in [6.45, 7) is 0.312. The van der Waals surface area contributed by atoms with Gasteiger partial charge in [0.1, 0.15) is 6.54 Å². The highest BCUT2D eigenvalue weighted by molar-refractivity contribution is 9.11. The number of para-hydroxylation sites is 2. The highest BCUT2D eigenvalue weighted by Gasteiger charge is 2.25. The van der Waals surface area contributed by atoms with Crippen molar-refractivity contribution >= 4 is 49.0 Å². The van der Waals surface area contributed by atoms with Crippen molar-refractivity contribution in [2.24, 2.45) is 0 Å². The molecule has 0 aromatic heterocycles. The van der Waals surface area contributed by atoms with E-state index in [0.717, 1.165) is 25.9 Å². The fourth-order valence-corrected chi connectivity index (χ4v) is 3.04. The zero-order valence-corrected chi connectivity index (χ0v) is 13.0. The van der Waals surface area contributed by atoms with Crippen molar-refractivity contribution in [2.45, 2.75) is 0 Å². The van der Waals surface area contributed by atoms with Gasteiger partial charge in [-0.15, -0.1) is 0 Å². The minimum Gasteiger partial charge on any atom is -0.296 e. The molecule has 0 amide bonds. The summed E-state index contributed by atoms with van der Waals surface area (Å²) in [5.41, 5.74) is 5.76. The molecule has 2 aromatic rings. The smallest absolute Gasteiger partial charge is 0.186 e. The van der Waals surface area contributed by atoms with Crippen molar-refractivity contribution in [3.63, 3.8) is 0 Å². The molecule has 0 saturated heterocycles. The monoisotopic (exact) mass is 380 g/mol. The summed E-state index contributed by atoms with van der Waals surface area (Å²) in [6.07, 6.45) is 0. The van der Waals surface area contributed by atoms with Crippen LogP contribution < -0.4 is 10.4 Å². The lowest BCUT2D eigenvalue weighted by molar-refractivity contribution is 0.0997. The minimum absolute atomic E-state index is 0.103. The van der Waals surface area contributed by atoms with Gasteiger partial charge < -0.3 is 0 Å². The molecule has 0 aliphatic carbocycles. The molecule has 0 fully saturated rings. The number of benzene rings is 2. The van der Waals surface area contributed by atoms with Crippen LogP contribution in [0.5, 0.6) is 0 Å². The number of carbonyl (C=O) groups is 1. The van der Waals surface area contributed by atoms with Crippen LogP contribution in [0.15, 0.2) is 51.4 Å². The predicted octanol–water partition coefficient (Wildman–Crippen LogP) is 4.24. The van der Waals surface area contributed by atoms with E-state index < -0.39 is 0 Å². The molecule has 0 unspecified atom stereocenters. The van der Waals surface area contributed by atoms with Crippen molar-refractivity contribution in [3.8, 4) is 0 Å². The van der Waals surface area contributed by atoms with Crippen LogP contribution in [0.25, 0.3) is 0 Å². The van der Waals surface area contributed by atoms with Gasteiger partial charge in [-0.3, -0.25) is 15.2 Å². The van der Waals surface area contributed by atoms with Crippen LogP contribution >= 0.6 is 31.9 Å². The van der Waals surface area contributed by atoms with Gasteiger partial charge in [-0.05, 0) is 56.1 Å². The molecular formula is C14H10Br2N2O. The standard InChI is InChI=1S/C14H10Br2N2O/c15-10-5-1-2-7-12(10)18-8-13(19)9-4-3-6-11(16)14(9)17-18/h1-7,17H,8H2. The second kappa shape index (κ2) is 4.98. The number of hydrogen-bond donors (Lipinski definition) is 1. The number of fused-ring (bicyclic) bond motifs is 1. The summed E-state index contributed by atoms with van der Waals surface area (Å²) in [7, 11) is 0. The molecule has 0 spiro atoms. The number of carbonyl (C=O) groups excluding carboxylic acids is 1. The van der Waals surface area contributed by atoms with Crippen LogP contribution in [0.4, 0.5) is 11.4 Å². The second-order valence-corrected chi connectivity index (χ2v) is 5.94. The Hall–Kier alpha value is -1.33. The van der Waals surface area contributed by atoms with Gasteiger partial charge in [-0.2, -0.15) is 0 Å². The number of Topliss-reactive ketones (excluding diaryl/α,β-unsaturated/α-hetero) is 1. The molecule has 1 N–H and O–H groups in total. The highest BCUT2D eigenvalue weighted by atomic mass is 79.9. The molecule has 3 nitrogen and oxygen atoms in total.